The molecule has 1 aliphatic rings. The van der Waals surface area contributed by atoms with Gasteiger partial charge in [0.05, 0.1) is 18.8 Å². The maximum absolute atomic E-state index is 11.6. The molecule has 1 fully saturated rings. The number of phenols is 1. The highest BCUT2D eigenvalue weighted by Crippen LogP contribution is 2.35. The smallest absolute Gasteiger partial charge is 0.454 e. The number of hydrogen-bond acceptors (Lipinski definition) is 9. The van der Waals surface area contributed by atoms with Crippen LogP contribution in [0, 0.1) is 0 Å². The molecule has 0 aromatic heterocycles. The molecule has 1 saturated heterocycles. The van der Waals surface area contributed by atoms with Gasteiger partial charge < -0.3 is 40.9 Å². The SMILES string of the molecule is CC(Cc1ccc(OC2CN(CC(N)(CO)CO)C2)c(C(=O)O)c1O)B(O)O. The van der Waals surface area contributed by atoms with E-state index in [-0.39, 0.29) is 49.2 Å². The zero-order valence-corrected chi connectivity index (χ0v) is 15.7. The van der Waals surface area contributed by atoms with Gasteiger partial charge in [0.2, 0.25) is 0 Å². The lowest BCUT2D eigenvalue weighted by atomic mass is 9.71. The maximum Gasteiger partial charge on any atom is 0.454 e. The second-order valence-corrected chi connectivity index (χ2v) is 7.46. The van der Waals surface area contributed by atoms with E-state index < -0.39 is 30.2 Å². The van der Waals surface area contributed by atoms with Crippen molar-refractivity contribution in [3.63, 3.8) is 0 Å². The van der Waals surface area contributed by atoms with E-state index in [1.54, 1.807) is 6.92 Å². The van der Waals surface area contributed by atoms with Crippen molar-refractivity contribution >= 4 is 13.1 Å². The van der Waals surface area contributed by atoms with Crippen molar-refractivity contribution in [2.45, 2.75) is 30.8 Å². The molecular formula is C17H27BN2O8. The van der Waals surface area contributed by atoms with Crippen molar-refractivity contribution in [2.75, 3.05) is 32.8 Å². The van der Waals surface area contributed by atoms with Crippen LogP contribution in [0.15, 0.2) is 12.1 Å². The van der Waals surface area contributed by atoms with Gasteiger partial charge in [0, 0.05) is 19.6 Å². The maximum atomic E-state index is 11.6. The van der Waals surface area contributed by atoms with Crippen LogP contribution in [0.2, 0.25) is 5.82 Å². The van der Waals surface area contributed by atoms with E-state index in [0.29, 0.717) is 13.1 Å². The first kappa shape index (κ1) is 22.4. The molecule has 1 aromatic rings. The summed E-state index contributed by atoms with van der Waals surface area (Å²) in [6.07, 6.45) is -0.245. The largest absolute Gasteiger partial charge is 0.507 e. The zero-order valence-electron chi connectivity index (χ0n) is 15.7. The third-order valence-electron chi connectivity index (χ3n) is 4.87. The fourth-order valence-electron chi connectivity index (χ4n) is 3.04. The number of aliphatic hydroxyl groups excluding tert-OH is 2. The molecule has 0 saturated carbocycles. The highest BCUT2D eigenvalue weighted by Gasteiger charge is 2.36. The lowest BCUT2D eigenvalue weighted by Gasteiger charge is -2.43. The van der Waals surface area contributed by atoms with Crippen molar-refractivity contribution in [1.29, 1.82) is 0 Å². The molecule has 1 aliphatic heterocycles. The predicted molar refractivity (Wildman–Crippen MR) is 100 cm³/mol. The van der Waals surface area contributed by atoms with Crippen LogP contribution in [0.5, 0.6) is 11.5 Å². The number of carboxylic acids is 1. The Labute approximate surface area is 162 Å². The molecule has 2 rings (SSSR count). The summed E-state index contributed by atoms with van der Waals surface area (Å²) < 4.78 is 5.70. The Kier molecular flexibility index (Phi) is 7.26. The van der Waals surface area contributed by atoms with E-state index in [4.69, 9.17) is 10.5 Å². The van der Waals surface area contributed by atoms with Gasteiger partial charge >= 0.3 is 13.1 Å². The van der Waals surface area contributed by atoms with Crippen LogP contribution in [0.1, 0.15) is 22.8 Å². The molecule has 0 aliphatic carbocycles. The standard InChI is InChI=1S/C17H27BN2O8/c1-10(18(26)27)4-11-2-3-13(14(15(11)23)16(24)25)28-12-5-20(6-12)7-17(19,8-21)9-22/h2-3,10,12,21-23,26-27H,4-9,19H2,1H3,(H,24,25). The normalized spacial score (nSPS) is 16.5. The van der Waals surface area contributed by atoms with Crippen molar-refractivity contribution in [3.05, 3.63) is 23.3 Å². The predicted octanol–water partition coefficient (Wildman–Crippen LogP) is -1.76. The Morgan fingerprint density at radius 1 is 1.36 bits per heavy atom. The van der Waals surface area contributed by atoms with Crippen molar-refractivity contribution in [1.82, 2.24) is 4.90 Å². The molecular weight excluding hydrogens is 371 g/mol. The number of benzene rings is 1. The number of nitrogens with zero attached hydrogens (tertiary/aromatic N) is 1. The highest BCUT2D eigenvalue weighted by molar-refractivity contribution is 6.43. The van der Waals surface area contributed by atoms with Gasteiger partial charge in [0.15, 0.2) is 0 Å². The Bertz CT molecular complexity index is 692. The van der Waals surface area contributed by atoms with Gasteiger partial charge in [-0.05, 0) is 23.9 Å². The number of likely N-dealkylation sites (tertiary alicyclic amines) is 1. The highest BCUT2D eigenvalue weighted by atomic mass is 16.5. The molecule has 28 heavy (non-hydrogen) atoms. The molecule has 0 amide bonds. The molecule has 8 N–H and O–H groups in total. The quantitative estimate of drug-likeness (QED) is 0.223. The fourth-order valence-corrected chi connectivity index (χ4v) is 3.04. The minimum absolute atomic E-state index is 0.0129. The number of carboxylic acid groups (broad SMARTS) is 1. The second kappa shape index (κ2) is 9.08. The minimum atomic E-state index is -1.59. The summed E-state index contributed by atoms with van der Waals surface area (Å²) in [5.74, 6) is -2.40. The van der Waals surface area contributed by atoms with Crippen molar-refractivity contribution in [3.8, 4) is 11.5 Å². The van der Waals surface area contributed by atoms with E-state index in [2.05, 4.69) is 0 Å². The van der Waals surface area contributed by atoms with Crippen LogP contribution in [0.25, 0.3) is 0 Å². The topological polar surface area (TPSA) is 177 Å². The summed E-state index contributed by atoms with van der Waals surface area (Å²) in [6.45, 7) is 1.93. The molecule has 0 bridgehead atoms. The summed E-state index contributed by atoms with van der Waals surface area (Å²) in [6, 6.07) is 2.93. The molecule has 11 heteroatoms. The van der Waals surface area contributed by atoms with E-state index >= 15 is 0 Å². The third-order valence-corrected chi connectivity index (χ3v) is 4.87. The number of carbonyl (C=O) groups is 1. The average Bonchev–Trinajstić information content (AvgIpc) is 2.61. The van der Waals surface area contributed by atoms with Gasteiger partial charge in [-0.1, -0.05) is 13.0 Å². The molecule has 1 unspecified atom stereocenters. The van der Waals surface area contributed by atoms with E-state index in [0.717, 1.165) is 0 Å². The number of ether oxygens (including phenoxy) is 1. The number of hydrogen-bond donors (Lipinski definition) is 7. The number of rotatable bonds is 10. The summed E-state index contributed by atoms with van der Waals surface area (Å²) in [7, 11) is -1.59. The molecule has 0 spiro atoms. The first-order valence-electron chi connectivity index (χ1n) is 8.94. The van der Waals surface area contributed by atoms with Gasteiger partial charge in [0.1, 0.15) is 23.2 Å². The van der Waals surface area contributed by atoms with Crippen LogP contribution < -0.4 is 10.5 Å². The molecule has 1 aromatic carbocycles. The van der Waals surface area contributed by atoms with Crippen LogP contribution in [-0.4, -0.2) is 93.0 Å². The Morgan fingerprint density at radius 2 is 1.96 bits per heavy atom. The lowest BCUT2D eigenvalue weighted by Crippen LogP contribution is -2.63. The van der Waals surface area contributed by atoms with Crippen molar-refractivity contribution in [2.24, 2.45) is 5.73 Å². The molecule has 0 radical (unpaired) electrons. The van der Waals surface area contributed by atoms with Crippen molar-refractivity contribution < 1.29 is 40.0 Å². The average molecular weight is 398 g/mol. The van der Waals surface area contributed by atoms with E-state index in [1.807, 2.05) is 4.90 Å². The summed E-state index contributed by atoms with van der Waals surface area (Å²) in [5.41, 5.74) is 4.61. The van der Waals surface area contributed by atoms with Crippen LogP contribution in [0.4, 0.5) is 0 Å². The van der Waals surface area contributed by atoms with Crippen LogP contribution in [-0.2, 0) is 6.42 Å². The number of aromatic hydroxyl groups is 1. The lowest BCUT2D eigenvalue weighted by molar-refractivity contribution is -0.0121. The van der Waals surface area contributed by atoms with Gasteiger partial charge in [0.25, 0.3) is 0 Å². The van der Waals surface area contributed by atoms with Gasteiger partial charge in [-0.15, -0.1) is 0 Å². The molecule has 1 atom stereocenters. The van der Waals surface area contributed by atoms with Gasteiger partial charge in [-0.2, -0.15) is 0 Å². The summed E-state index contributed by atoms with van der Waals surface area (Å²) in [5, 5.41) is 56.7. The Balaban J connectivity index is 2.07. The van der Waals surface area contributed by atoms with Gasteiger partial charge in [-0.25, -0.2) is 4.79 Å². The number of nitrogens with two attached hydrogens (primary N) is 1. The fraction of sp³-hybridized carbons (Fsp3) is 0.588. The van der Waals surface area contributed by atoms with Gasteiger partial charge in [-0.3, -0.25) is 4.90 Å². The summed E-state index contributed by atoms with van der Waals surface area (Å²) >= 11 is 0. The van der Waals surface area contributed by atoms with Crippen LogP contribution >= 0.6 is 0 Å². The molecule has 10 nitrogen and oxygen atoms in total. The van der Waals surface area contributed by atoms with Crippen LogP contribution in [0.3, 0.4) is 0 Å². The zero-order chi connectivity index (χ0) is 21.1. The number of aromatic carboxylic acids is 1. The Morgan fingerprint density at radius 3 is 2.46 bits per heavy atom. The summed E-state index contributed by atoms with van der Waals surface area (Å²) in [4.78, 5) is 13.5. The first-order chi connectivity index (χ1) is 13.1. The minimum Gasteiger partial charge on any atom is -0.507 e. The molecule has 1 heterocycles. The monoisotopic (exact) mass is 398 g/mol. The first-order valence-corrected chi connectivity index (χ1v) is 8.94. The second-order valence-electron chi connectivity index (χ2n) is 7.46. The Hall–Kier alpha value is -1.89. The van der Waals surface area contributed by atoms with E-state index in [9.17, 15) is 35.3 Å². The third kappa shape index (κ3) is 5.13. The number of aliphatic hydroxyl groups is 2. The molecule has 156 valence electrons. The van der Waals surface area contributed by atoms with E-state index in [1.165, 1.54) is 12.1 Å².